The molecule has 5 rings (SSSR count). The zero-order chi connectivity index (χ0) is 23.7. The lowest BCUT2D eigenvalue weighted by atomic mass is 9.99. The van der Waals surface area contributed by atoms with Gasteiger partial charge in [-0.3, -0.25) is 4.79 Å². The van der Waals surface area contributed by atoms with E-state index in [0.29, 0.717) is 19.7 Å². The molecule has 3 aromatic rings. The van der Waals surface area contributed by atoms with Crippen LogP contribution in [0, 0.1) is 6.92 Å². The normalized spacial score (nSPS) is 17.5. The van der Waals surface area contributed by atoms with Crippen molar-refractivity contribution in [2.75, 3.05) is 33.8 Å². The summed E-state index contributed by atoms with van der Waals surface area (Å²) in [5.74, 6) is 0.101. The van der Waals surface area contributed by atoms with Crippen LogP contribution in [0.4, 0.5) is 0 Å². The summed E-state index contributed by atoms with van der Waals surface area (Å²) < 4.78 is 5.77. The Balaban J connectivity index is 1.57. The van der Waals surface area contributed by atoms with Crippen molar-refractivity contribution >= 4 is 16.8 Å². The Hall–Kier alpha value is -2.76. The molecule has 5 nitrogen and oxygen atoms in total. The van der Waals surface area contributed by atoms with Gasteiger partial charge >= 0.3 is 0 Å². The second-order valence-corrected chi connectivity index (χ2v) is 10.1. The van der Waals surface area contributed by atoms with Crippen molar-refractivity contribution in [2.45, 2.75) is 51.7 Å². The van der Waals surface area contributed by atoms with E-state index in [0.717, 1.165) is 54.6 Å². The van der Waals surface area contributed by atoms with Crippen molar-refractivity contribution in [3.8, 4) is 11.3 Å². The predicted molar refractivity (Wildman–Crippen MR) is 137 cm³/mol. The van der Waals surface area contributed by atoms with Crippen LogP contribution in [0.3, 0.4) is 0 Å². The Bertz CT molecular complexity index is 1200. The molecule has 5 heteroatoms. The summed E-state index contributed by atoms with van der Waals surface area (Å²) in [5, 5.41) is 1.17. The third-order valence-corrected chi connectivity index (χ3v) is 7.09. The largest absolute Gasteiger partial charge is 0.368 e. The first-order chi connectivity index (χ1) is 16.5. The number of carbonyl (C=O) groups excluding carboxylic acids is 1. The number of nitrogens with zero attached hydrogens (tertiary/aromatic N) is 3. The molecule has 0 radical (unpaired) electrons. The van der Waals surface area contributed by atoms with Crippen LogP contribution in [0.2, 0.25) is 0 Å². The van der Waals surface area contributed by atoms with E-state index in [4.69, 9.17) is 9.72 Å². The molecule has 178 valence electrons. The lowest BCUT2D eigenvalue weighted by Gasteiger charge is -2.28. The van der Waals surface area contributed by atoms with Crippen molar-refractivity contribution in [3.05, 3.63) is 64.7 Å². The molecule has 1 aliphatic carbocycles. The molecule has 0 bridgehead atoms. The van der Waals surface area contributed by atoms with E-state index < -0.39 is 0 Å². The molecule has 0 unspecified atom stereocenters. The van der Waals surface area contributed by atoms with E-state index in [2.05, 4.69) is 54.3 Å². The molecular weight excluding hydrogens is 422 g/mol. The number of aryl methyl sites for hydroxylation is 3. The number of hydrogen-bond acceptors (Lipinski definition) is 4. The fraction of sp³-hybridized carbons (Fsp3) is 0.448. The van der Waals surface area contributed by atoms with Gasteiger partial charge in [-0.05, 0) is 94.1 Å². The fourth-order valence-corrected chi connectivity index (χ4v) is 5.22. The molecule has 0 saturated carbocycles. The SMILES string of the molecule is Cc1cccc(-c2nc3cc4c(cc3cc2CN(CCN(C)C)C(=O)[C@H]2CCCO2)CCC4)c1. The minimum absolute atomic E-state index is 0.101. The molecule has 2 aromatic carbocycles. The zero-order valence-electron chi connectivity index (χ0n) is 20.6. The number of amides is 1. The number of aromatic nitrogens is 1. The second-order valence-electron chi connectivity index (χ2n) is 10.1. The first-order valence-corrected chi connectivity index (χ1v) is 12.6. The molecule has 1 aromatic heterocycles. The van der Waals surface area contributed by atoms with Crippen molar-refractivity contribution in [1.82, 2.24) is 14.8 Å². The van der Waals surface area contributed by atoms with Crippen molar-refractivity contribution < 1.29 is 9.53 Å². The minimum atomic E-state index is -0.318. The highest BCUT2D eigenvalue weighted by Crippen LogP contribution is 2.32. The van der Waals surface area contributed by atoms with Gasteiger partial charge < -0.3 is 14.5 Å². The van der Waals surface area contributed by atoms with Gasteiger partial charge in [0.25, 0.3) is 5.91 Å². The highest BCUT2D eigenvalue weighted by Gasteiger charge is 2.29. The standard InChI is InChI=1S/C29H35N3O2/c1-20-7-4-10-23(15-20)28-25(17-24-16-21-8-5-9-22(21)18-26(24)30-28)19-32(13-12-31(2)3)29(33)27-11-6-14-34-27/h4,7,10,15-18,27H,5-6,8-9,11-14,19H2,1-3H3/t27-/m1/s1. The van der Waals surface area contributed by atoms with Crippen LogP contribution in [0.1, 0.15) is 41.5 Å². The zero-order valence-corrected chi connectivity index (χ0v) is 20.6. The number of ether oxygens (including phenoxy) is 1. The Labute approximate surface area is 202 Å². The third kappa shape index (κ3) is 4.86. The molecule has 1 fully saturated rings. The number of fused-ring (bicyclic) bond motifs is 2. The number of benzene rings is 2. The maximum Gasteiger partial charge on any atom is 0.252 e. The van der Waals surface area contributed by atoms with Gasteiger partial charge in [0, 0.05) is 37.2 Å². The van der Waals surface area contributed by atoms with Gasteiger partial charge in [0.15, 0.2) is 0 Å². The third-order valence-electron chi connectivity index (χ3n) is 7.09. The first kappa shape index (κ1) is 23.0. The second kappa shape index (κ2) is 9.85. The number of carbonyl (C=O) groups is 1. The summed E-state index contributed by atoms with van der Waals surface area (Å²) in [6.45, 7) is 4.81. The van der Waals surface area contributed by atoms with Crippen molar-refractivity contribution in [1.29, 1.82) is 0 Å². The lowest BCUT2D eigenvalue weighted by Crippen LogP contribution is -2.42. The summed E-state index contributed by atoms with van der Waals surface area (Å²) in [5.41, 5.74) is 8.32. The molecule has 1 atom stereocenters. The number of pyridine rings is 1. The Kier molecular flexibility index (Phi) is 6.66. The topological polar surface area (TPSA) is 45.7 Å². The molecule has 0 N–H and O–H groups in total. The average molecular weight is 458 g/mol. The highest BCUT2D eigenvalue weighted by atomic mass is 16.5. The first-order valence-electron chi connectivity index (χ1n) is 12.6. The maximum absolute atomic E-state index is 13.4. The Morgan fingerprint density at radius 2 is 1.88 bits per heavy atom. The summed E-state index contributed by atoms with van der Waals surface area (Å²) >= 11 is 0. The van der Waals surface area contributed by atoms with Crippen LogP contribution >= 0.6 is 0 Å². The van der Waals surface area contributed by atoms with Gasteiger partial charge in [-0.15, -0.1) is 0 Å². The minimum Gasteiger partial charge on any atom is -0.368 e. The van der Waals surface area contributed by atoms with E-state index >= 15 is 0 Å². The van der Waals surface area contributed by atoms with Crippen LogP contribution in [0.25, 0.3) is 22.2 Å². The van der Waals surface area contributed by atoms with Crippen LogP contribution in [-0.2, 0) is 28.9 Å². The molecule has 34 heavy (non-hydrogen) atoms. The maximum atomic E-state index is 13.4. The molecular formula is C29H35N3O2. The summed E-state index contributed by atoms with van der Waals surface area (Å²) in [6.07, 6.45) is 4.95. The van der Waals surface area contributed by atoms with Crippen LogP contribution in [0.15, 0.2) is 42.5 Å². The van der Waals surface area contributed by atoms with Crippen LogP contribution < -0.4 is 0 Å². The van der Waals surface area contributed by atoms with E-state index in [-0.39, 0.29) is 12.0 Å². The lowest BCUT2D eigenvalue weighted by molar-refractivity contribution is -0.141. The van der Waals surface area contributed by atoms with Gasteiger partial charge in [-0.1, -0.05) is 23.8 Å². The molecule has 1 saturated heterocycles. The van der Waals surface area contributed by atoms with E-state index in [9.17, 15) is 4.79 Å². The molecule has 0 spiro atoms. The predicted octanol–water partition coefficient (Wildman–Crippen LogP) is 4.77. The summed E-state index contributed by atoms with van der Waals surface area (Å²) in [7, 11) is 4.09. The Morgan fingerprint density at radius 3 is 2.62 bits per heavy atom. The monoisotopic (exact) mass is 457 g/mol. The van der Waals surface area contributed by atoms with Gasteiger partial charge in [0.1, 0.15) is 6.10 Å². The number of hydrogen-bond donors (Lipinski definition) is 0. The van der Waals surface area contributed by atoms with Gasteiger partial charge in [0.2, 0.25) is 0 Å². The Morgan fingerprint density at radius 1 is 1.06 bits per heavy atom. The summed E-state index contributed by atoms with van der Waals surface area (Å²) in [4.78, 5) is 22.7. The van der Waals surface area contributed by atoms with Crippen LogP contribution in [0.5, 0.6) is 0 Å². The van der Waals surface area contributed by atoms with Gasteiger partial charge in [-0.2, -0.15) is 0 Å². The molecule has 2 heterocycles. The van der Waals surface area contributed by atoms with Gasteiger partial charge in [-0.25, -0.2) is 4.98 Å². The fourth-order valence-electron chi connectivity index (χ4n) is 5.22. The summed E-state index contributed by atoms with van der Waals surface area (Å²) in [6, 6.07) is 15.4. The van der Waals surface area contributed by atoms with Crippen molar-refractivity contribution in [2.24, 2.45) is 0 Å². The quantitative estimate of drug-likeness (QED) is 0.513. The molecule has 2 aliphatic rings. The smallest absolute Gasteiger partial charge is 0.252 e. The van der Waals surface area contributed by atoms with Gasteiger partial charge in [0.05, 0.1) is 11.2 Å². The van der Waals surface area contributed by atoms with E-state index in [1.54, 1.807) is 0 Å². The number of rotatable bonds is 7. The van der Waals surface area contributed by atoms with Crippen molar-refractivity contribution in [3.63, 3.8) is 0 Å². The van der Waals surface area contributed by atoms with E-state index in [1.807, 2.05) is 19.0 Å². The highest BCUT2D eigenvalue weighted by molar-refractivity contribution is 5.86. The molecule has 1 aliphatic heterocycles. The number of likely N-dealkylation sites (N-methyl/N-ethyl adjacent to an activating group) is 1. The molecule has 1 amide bonds. The van der Waals surface area contributed by atoms with Crippen LogP contribution in [-0.4, -0.2) is 60.6 Å². The average Bonchev–Trinajstić information content (AvgIpc) is 3.51. The van der Waals surface area contributed by atoms with E-state index in [1.165, 1.54) is 28.5 Å².